The van der Waals surface area contributed by atoms with Crippen LogP contribution in [0.1, 0.15) is 46.0 Å². The minimum atomic E-state index is -0.832. The molecule has 1 atom stereocenters. The molecule has 92 valence electrons. The quantitative estimate of drug-likeness (QED) is 0.722. The van der Waals surface area contributed by atoms with Crippen LogP contribution in [0.2, 0.25) is 0 Å². The number of hydrogen-bond donors (Lipinski definition) is 1. The van der Waals surface area contributed by atoms with Gasteiger partial charge in [-0.25, -0.2) is 0 Å². The summed E-state index contributed by atoms with van der Waals surface area (Å²) in [6, 6.07) is 0.311. The third kappa shape index (κ3) is 3.83. The van der Waals surface area contributed by atoms with Gasteiger partial charge in [0.25, 0.3) is 0 Å². The molecule has 0 aromatic rings. The molecular weight excluding hydrogens is 206 g/mol. The van der Waals surface area contributed by atoms with Gasteiger partial charge in [-0.1, -0.05) is 20.3 Å². The van der Waals surface area contributed by atoms with Gasteiger partial charge in [0.05, 0.1) is 6.42 Å². The highest BCUT2D eigenvalue weighted by atomic mass is 16.4. The molecule has 1 amide bonds. The number of rotatable bonds is 7. The van der Waals surface area contributed by atoms with Crippen molar-refractivity contribution in [3.8, 4) is 0 Å². The van der Waals surface area contributed by atoms with E-state index in [0.717, 1.165) is 25.7 Å². The molecule has 0 spiro atoms. The third-order valence-corrected chi connectivity index (χ3v) is 2.98. The maximum atomic E-state index is 12.1. The Morgan fingerprint density at radius 3 is 2.50 bits per heavy atom. The van der Waals surface area contributed by atoms with E-state index in [1.165, 1.54) is 0 Å². The smallest absolute Gasteiger partial charge is 0.305 e. The van der Waals surface area contributed by atoms with Gasteiger partial charge in [-0.2, -0.15) is 0 Å². The zero-order valence-corrected chi connectivity index (χ0v) is 10.1. The standard InChI is InChI=1S/C12H21NO3/c1-3-4-9(2)12(16)13(10-5-6-10)8-7-11(14)15/h9-10H,3-8H2,1-2H3,(H,14,15). The van der Waals surface area contributed by atoms with E-state index in [4.69, 9.17) is 5.11 Å². The molecule has 4 nitrogen and oxygen atoms in total. The number of aliphatic carboxylic acids is 1. The van der Waals surface area contributed by atoms with E-state index in [2.05, 4.69) is 6.92 Å². The van der Waals surface area contributed by atoms with Crippen LogP contribution >= 0.6 is 0 Å². The molecule has 1 N–H and O–H groups in total. The molecule has 1 aliphatic rings. The topological polar surface area (TPSA) is 57.6 Å². The summed E-state index contributed by atoms with van der Waals surface area (Å²) in [6.45, 7) is 4.36. The summed E-state index contributed by atoms with van der Waals surface area (Å²) in [5.41, 5.74) is 0. The van der Waals surface area contributed by atoms with E-state index >= 15 is 0 Å². The Labute approximate surface area is 96.6 Å². The van der Waals surface area contributed by atoms with Crippen LogP contribution in [0.25, 0.3) is 0 Å². The van der Waals surface area contributed by atoms with Crippen molar-refractivity contribution in [1.29, 1.82) is 0 Å². The van der Waals surface area contributed by atoms with Crippen LogP contribution in [0.15, 0.2) is 0 Å². The number of amides is 1. The molecule has 0 saturated heterocycles. The molecule has 1 rings (SSSR count). The van der Waals surface area contributed by atoms with Crippen molar-refractivity contribution in [2.24, 2.45) is 5.92 Å². The van der Waals surface area contributed by atoms with Crippen LogP contribution in [0.5, 0.6) is 0 Å². The van der Waals surface area contributed by atoms with Crippen LogP contribution in [-0.4, -0.2) is 34.5 Å². The van der Waals surface area contributed by atoms with Crippen LogP contribution in [-0.2, 0) is 9.59 Å². The van der Waals surface area contributed by atoms with Crippen LogP contribution in [0.3, 0.4) is 0 Å². The predicted octanol–water partition coefficient (Wildman–Crippen LogP) is 1.89. The Morgan fingerprint density at radius 2 is 2.06 bits per heavy atom. The van der Waals surface area contributed by atoms with Gasteiger partial charge >= 0.3 is 5.97 Å². The molecule has 1 fully saturated rings. The lowest BCUT2D eigenvalue weighted by atomic mass is 10.0. The molecule has 0 radical (unpaired) electrons. The second-order valence-electron chi connectivity index (χ2n) is 4.60. The number of hydrogen-bond acceptors (Lipinski definition) is 2. The van der Waals surface area contributed by atoms with Crippen molar-refractivity contribution in [2.45, 2.75) is 52.0 Å². The van der Waals surface area contributed by atoms with E-state index in [9.17, 15) is 9.59 Å². The highest BCUT2D eigenvalue weighted by Crippen LogP contribution is 2.28. The van der Waals surface area contributed by atoms with Crippen molar-refractivity contribution < 1.29 is 14.7 Å². The molecule has 0 bridgehead atoms. The Hall–Kier alpha value is -1.06. The number of carbonyl (C=O) groups excluding carboxylic acids is 1. The second-order valence-corrected chi connectivity index (χ2v) is 4.60. The molecule has 1 saturated carbocycles. The summed E-state index contributed by atoms with van der Waals surface area (Å²) in [7, 11) is 0. The van der Waals surface area contributed by atoms with Crippen molar-refractivity contribution in [2.75, 3.05) is 6.54 Å². The van der Waals surface area contributed by atoms with Gasteiger partial charge in [-0.3, -0.25) is 9.59 Å². The summed E-state index contributed by atoms with van der Waals surface area (Å²) in [5.74, 6) is -0.674. The first-order valence-corrected chi connectivity index (χ1v) is 6.08. The van der Waals surface area contributed by atoms with E-state index in [0.29, 0.717) is 12.6 Å². The van der Waals surface area contributed by atoms with E-state index in [-0.39, 0.29) is 18.2 Å². The van der Waals surface area contributed by atoms with Crippen molar-refractivity contribution >= 4 is 11.9 Å². The number of carbonyl (C=O) groups is 2. The summed E-state index contributed by atoms with van der Waals surface area (Å²) in [4.78, 5) is 24.4. The Morgan fingerprint density at radius 1 is 1.44 bits per heavy atom. The van der Waals surface area contributed by atoms with Crippen LogP contribution in [0, 0.1) is 5.92 Å². The molecule has 4 heteroatoms. The van der Waals surface area contributed by atoms with Crippen LogP contribution in [0.4, 0.5) is 0 Å². The first-order chi connectivity index (χ1) is 7.56. The van der Waals surface area contributed by atoms with E-state index in [1.54, 1.807) is 4.90 Å². The Kier molecular flexibility index (Phi) is 4.77. The number of carboxylic acids is 1. The number of carboxylic acid groups (broad SMARTS) is 1. The van der Waals surface area contributed by atoms with Gasteiger partial charge in [0, 0.05) is 18.5 Å². The molecule has 0 aromatic heterocycles. The minimum absolute atomic E-state index is 0.0272. The fourth-order valence-electron chi connectivity index (χ4n) is 1.91. The Balaban J connectivity index is 2.48. The third-order valence-electron chi connectivity index (χ3n) is 2.98. The maximum Gasteiger partial charge on any atom is 0.305 e. The molecule has 0 aliphatic heterocycles. The lowest BCUT2D eigenvalue weighted by Crippen LogP contribution is -2.38. The second kappa shape index (κ2) is 5.87. The van der Waals surface area contributed by atoms with Gasteiger partial charge in [0.2, 0.25) is 5.91 Å². The first kappa shape index (κ1) is 13.0. The Bertz CT molecular complexity index is 261. The molecule has 1 unspecified atom stereocenters. The predicted molar refractivity (Wildman–Crippen MR) is 61.1 cm³/mol. The minimum Gasteiger partial charge on any atom is -0.481 e. The molecule has 0 aromatic carbocycles. The lowest BCUT2D eigenvalue weighted by molar-refractivity contribution is -0.140. The largest absolute Gasteiger partial charge is 0.481 e. The highest BCUT2D eigenvalue weighted by Gasteiger charge is 2.34. The highest BCUT2D eigenvalue weighted by molar-refractivity contribution is 5.79. The number of nitrogens with zero attached hydrogens (tertiary/aromatic N) is 1. The summed E-state index contributed by atoms with van der Waals surface area (Å²) in [5, 5.41) is 8.65. The average molecular weight is 227 g/mol. The van der Waals surface area contributed by atoms with Gasteiger partial charge in [-0.05, 0) is 19.3 Å². The first-order valence-electron chi connectivity index (χ1n) is 6.08. The van der Waals surface area contributed by atoms with Gasteiger partial charge < -0.3 is 10.0 Å². The fraction of sp³-hybridized carbons (Fsp3) is 0.833. The van der Waals surface area contributed by atoms with Gasteiger partial charge in [-0.15, -0.1) is 0 Å². The normalized spacial score (nSPS) is 16.9. The molecular formula is C12H21NO3. The van der Waals surface area contributed by atoms with Crippen molar-refractivity contribution in [3.05, 3.63) is 0 Å². The summed E-state index contributed by atoms with van der Waals surface area (Å²) < 4.78 is 0. The van der Waals surface area contributed by atoms with Gasteiger partial charge in [0.1, 0.15) is 0 Å². The lowest BCUT2D eigenvalue weighted by Gasteiger charge is -2.25. The maximum absolute atomic E-state index is 12.1. The summed E-state index contributed by atoms with van der Waals surface area (Å²) >= 11 is 0. The summed E-state index contributed by atoms with van der Waals surface area (Å²) in [6.07, 6.45) is 4.00. The zero-order valence-electron chi connectivity index (χ0n) is 10.1. The van der Waals surface area contributed by atoms with Gasteiger partial charge in [0.15, 0.2) is 0 Å². The average Bonchev–Trinajstić information content (AvgIpc) is 3.01. The van der Waals surface area contributed by atoms with Crippen molar-refractivity contribution in [1.82, 2.24) is 4.90 Å². The molecule has 16 heavy (non-hydrogen) atoms. The SMILES string of the molecule is CCCC(C)C(=O)N(CCC(=O)O)C1CC1. The molecule has 0 heterocycles. The molecule has 1 aliphatic carbocycles. The van der Waals surface area contributed by atoms with Crippen LogP contribution < -0.4 is 0 Å². The van der Waals surface area contributed by atoms with E-state index < -0.39 is 5.97 Å². The monoisotopic (exact) mass is 227 g/mol. The fourth-order valence-corrected chi connectivity index (χ4v) is 1.91. The van der Waals surface area contributed by atoms with Crippen molar-refractivity contribution in [3.63, 3.8) is 0 Å². The van der Waals surface area contributed by atoms with E-state index in [1.807, 2.05) is 6.92 Å². The zero-order chi connectivity index (χ0) is 12.1.